The van der Waals surface area contributed by atoms with Gasteiger partial charge in [0.05, 0.1) is 55.0 Å². The third-order valence-corrected chi connectivity index (χ3v) is 6.23. The van der Waals surface area contributed by atoms with E-state index in [4.69, 9.17) is 9.68 Å². The maximum Gasteiger partial charge on any atom is 0.286 e. The summed E-state index contributed by atoms with van der Waals surface area (Å²) in [5, 5.41) is 20.4. The first-order chi connectivity index (χ1) is 15.0. The number of amides is 1. The van der Waals surface area contributed by atoms with Crippen LogP contribution in [0.2, 0.25) is 0 Å². The van der Waals surface area contributed by atoms with Crippen molar-refractivity contribution < 1.29 is 19.0 Å². The van der Waals surface area contributed by atoms with E-state index in [1.807, 2.05) is 0 Å². The fourth-order valence-corrected chi connectivity index (χ4v) is 4.46. The molecule has 10 heteroatoms. The van der Waals surface area contributed by atoms with E-state index in [0.717, 1.165) is 32.7 Å². The van der Waals surface area contributed by atoms with Gasteiger partial charge in [-0.05, 0) is 23.9 Å². The number of piperazine rings is 1. The molecule has 1 fully saturated rings. The van der Waals surface area contributed by atoms with Crippen LogP contribution in [0, 0.1) is 21.4 Å². The Kier molecular flexibility index (Phi) is 6.16. The highest BCUT2D eigenvalue weighted by atomic mass is 32.2. The van der Waals surface area contributed by atoms with Gasteiger partial charge in [0, 0.05) is 23.8 Å². The first-order valence-electron chi connectivity index (χ1n) is 9.86. The third kappa shape index (κ3) is 4.84. The summed E-state index contributed by atoms with van der Waals surface area (Å²) in [4.78, 5) is 31.1. The van der Waals surface area contributed by atoms with E-state index in [0.29, 0.717) is 33.6 Å². The van der Waals surface area contributed by atoms with Crippen molar-refractivity contribution in [3.63, 3.8) is 0 Å². The van der Waals surface area contributed by atoms with E-state index in [-0.39, 0.29) is 11.6 Å². The number of nitrogens with zero attached hydrogens (tertiary/aromatic N) is 4. The zero-order valence-electron chi connectivity index (χ0n) is 16.6. The van der Waals surface area contributed by atoms with Gasteiger partial charge in [0.15, 0.2) is 5.17 Å². The number of aliphatic imine (C=N–C) groups is 1. The maximum absolute atomic E-state index is 12.4. The van der Waals surface area contributed by atoms with E-state index in [9.17, 15) is 14.9 Å². The summed E-state index contributed by atoms with van der Waals surface area (Å²) in [5.74, 6) is 0.677. The van der Waals surface area contributed by atoms with Gasteiger partial charge < -0.3 is 14.2 Å². The number of rotatable bonds is 5. The molecule has 31 heavy (non-hydrogen) atoms. The van der Waals surface area contributed by atoms with Gasteiger partial charge >= 0.3 is 0 Å². The first kappa shape index (κ1) is 20.8. The van der Waals surface area contributed by atoms with Crippen LogP contribution in [-0.2, 0) is 4.79 Å². The monoisotopic (exact) mass is 438 g/mol. The lowest BCUT2D eigenvalue weighted by molar-refractivity contribution is -0.903. The zero-order chi connectivity index (χ0) is 21.8. The molecule has 0 bridgehead atoms. The topological polar surface area (TPSA) is 117 Å². The third-order valence-electron chi connectivity index (χ3n) is 5.18. The minimum atomic E-state index is -0.452. The molecule has 2 aliphatic heterocycles. The summed E-state index contributed by atoms with van der Waals surface area (Å²) in [6.45, 7) is 4.27. The molecule has 1 aromatic heterocycles. The lowest BCUT2D eigenvalue weighted by atomic mass is 10.1. The van der Waals surface area contributed by atoms with Crippen molar-refractivity contribution in [1.29, 1.82) is 5.26 Å². The lowest BCUT2D eigenvalue weighted by Crippen LogP contribution is -3.14. The minimum absolute atomic E-state index is 0.0112. The molecule has 3 heterocycles. The second kappa shape index (κ2) is 9.16. The molecule has 4 rings (SSSR count). The van der Waals surface area contributed by atoms with Crippen LogP contribution in [0.15, 0.2) is 50.7 Å². The Balaban J connectivity index is 1.41. The highest BCUT2D eigenvalue weighted by Gasteiger charge is 2.29. The molecule has 1 amide bonds. The van der Waals surface area contributed by atoms with E-state index in [2.05, 4.69) is 16.0 Å². The number of nitrogens with one attached hydrogen (secondary N) is 1. The Labute approximate surface area is 182 Å². The molecule has 0 unspecified atom stereocenters. The number of hydrogen-bond acceptors (Lipinski definition) is 7. The molecule has 2 aliphatic rings. The molecule has 0 aliphatic carbocycles. The van der Waals surface area contributed by atoms with Crippen molar-refractivity contribution in [1.82, 2.24) is 4.90 Å². The average molecular weight is 438 g/mol. The van der Waals surface area contributed by atoms with Gasteiger partial charge in [0.1, 0.15) is 11.5 Å². The number of carbonyl (C=O) groups is 1. The van der Waals surface area contributed by atoms with Crippen LogP contribution in [0.1, 0.15) is 12.2 Å². The molecule has 0 atom stereocenters. The lowest BCUT2D eigenvalue weighted by Gasteiger charge is -2.32. The van der Waals surface area contributed by atoms with Gasteiger partial charge in [-0.2, -0.15) is 10.3 Å². The summed E-state index contributed by atoms with van der Waals surface area (Å²) < 4.78 is 5.79. The normalized spacial score (nSPS) is 18.3. The fourth-order valence-electron chi connectivity index (χ4n) is 3.52. The van der Waals surface area contributed by atoms with Crippen molar-refractivity contribution in [2.45, 2.75) is 6.42 Å². The van der Waals surface area contributed by atoms with Crippen molar-refractivity contribution in [2.75, 3.05) is 32.7 Å². The highest BCUT2D eigenvalue weighted by molar-refractivity contribution is 8.18. The highest BCUT2D eigenvalue weighted by Crippen LogP contribution is 2.32. The Morgan fingerprint density at radius 3 is 2.87 bits per heavy atom. The number of quaternary nitrogens is 1. The smallest absolute Gasteiger partial charge is 0.286 e. The van der Waals surface area contributed by atoms with Crippen LogP contribution in [0.3, 0.4) is 0 Å². The van der Waals surface area contributed by atoms with Crippen LogP contribution >= 0.6 is 11.8 Å². The number of nitro groups is 1. The van der Waals surface area contributed by atoms with Gasteiger partial charge in [0.2, 0.25) is 0 Å². The molecule has 1 saturated heterocycles. The summed E-state index contributed by atoms with van der Waals surface area (Å²) in [7, 11) is 0. The number of amidine groups is 1. The van der Waals surface area contributed by atoms with E-state index in [1.54, 1.807) is 30.3 Å². The average Bonchev–Trinajstić information content (AvgIpc) is 3.40. The van der Waals surface area contributed by atoms with Gasteiger partial charge in [-0.25, -0.2) is 0 Å². The molecular formula is C21H20N5O4S+. The number of nitriles is 1. The Hall–Kier alpha value is -3.42. The van der Waals surface area contributed by atoms with E-state index >= 15 is 0 Å². The molecule has 0 radical (unpaired) electrons. The van der Waals surface area contributed by atoms with Gasteiger partial charge in [-0.1, -0.05) is 12.1 Å². The number of hydrogen-bond donors (Lipinski definition) is 1. The molecule has 1 aromatic carbocycles. The summed E-state index contributed by atoms with van der Waals surface area (Å²) in [6.07, 6.45) is 2.20. The first-order valence-corrected chi connectivity index (χ1v) is 10.7. The number of thioether (sulfide) groups is 1. The van der Waals surface area contributed by atoms with Crippen molar-refractivity contribution in [3.8, 4) is 17.4 Å². The summed E-state index contributed by atoms with van der Waals surface area (Å²) in [6, 6.07) is 11.8. The molecule has 0 spiro atoms. The van der Waals surface area contributed by atoms with Crippen LogP contribution in [0.4, 0.5) is 5.69 Å². The minimum Gasteiger partial charge on any atom is -0.457 e. The van der Waals surface area contributed by atoms with Crippen molar-refractivity contribution in [2.24, 2.45) is 4.99 Å². The van der Waals surface area contributed by atoms with Gasteiger partial charge in [-0.3, -0.25) is 14.9 Å². The molecule has 158 valence electrons. The molecule has 2 aromatic rings. The number of carbonyl (C=O) groups excluding carboxylic acids is 1. The predicted octanol–water partition coefficient (Wildman–Crippen LogP) is 1.94. The van der Waals surface area contributed by atoms with Gasteiger partial charge in [0.25, 0.3) is 11.6 Å². The molecular weight excluding hydrogens is 418 g/mol. The second-order valence-electron chi connectivity index (χ2n) is 7.21. The quantitative estimate of drug-likeness (QED) is 0.431. The van der Waals surface area contributed by atoms with Crippen molar-refractivity contribution >= 4 is 34.6 Å². The number of furan rings is 1. The largest absolute Gasteiger partial charge is 0.457 e. The summed E-state index contributed by atoms with van der Waals surface area (Å²) in [5.41, 5.74) is 0.584. The Morgan fingerprint density at radius 1 is 1.32 bits per heavy atom. The van der Waals surface area contributed by atoms with E-state index < -0.39 is 4.92 Å². The molecule has 0 saturated carbocycles. The van der Waals surface area contributed by atoms with Crippen LogP contribution in [-0.4, -0.2) is 53.6 Å². The van der Waals surface area contributed by atoms with Crippen LogP contribution in [0.25, 0.3) is 17.4 Å². The number of benzene rings is 1. The van der Waals surface area contributed by atoms with Crippen LogP contribution in [0.5, 0.6) is 0 Å². The summed E-state index contributed by atoms with van der Waals surface area (Å²) >= 11 is 1.33. The van der Waals surface area contributed by atoms with Crippen molar-refractivity contribution in [3.05, 3.63) is 57.2 Å². The maximum atomic E-state index is 12.4. The number of non-ortho nitro benzene ring substituents is 1. The van der Waals surface area contributed by atoms with E-state index in [1.165, 1.54) is 28.8 Å². The standard InChI is InChI=1S/C21H19N5O4S/c22-7-2-8-24-9-11-25(12-10-24)21-23-20(27)19(31-21)14-17-5-6-18(30-17)15-3-1-4-16(13-15)26(28)29/h1,3-6,13-14H,2,8-12H2/p+1/b19-14+. The van der Waals surface area contributed by atoms with Gasteiger partial charge in [-0.15, -0.1) is 0 Å². The molecule has 9 nitrogen and oxygen atoms in total. The number of nitro benzene ring substituents is 1. The second-order valence-corrected chi connectivity index (χ2v) is 8.22. The Bertz CT molecular complexity index is 1110. The SMILES string of the molecule is N#CCC[NH+]1CCN(C2=NC(=O)/C(=C\c3ccc(-c4cccc([N+](=O)[O-])c4)o3)S2)CC1. The Morgan fingerprint density at radius 2 is 2.13 bits per heavy atom. The van der Waals surface area contributed by atoms with Crippen LogP contribution < -0.4 is 4.90 Å². The molecule has 1 N–H and O–H groups in total. The fraction of sp³-hybridized carbons (Fsp3) is 0.286. The predicted molar refractivity (Wildman–Crippen MR) is 116 cm³/mol. The zero-order valence-corrected chi connectivity index (χ0v) is 17.4.